The molecule has 2 aromatic rings. The zero-order valence-corrected chi connectivity index (χ0v) is 10.3. The van der Waals surface area contributed by atoms with Crippen LogP contribution in [-0.2, 0) is 4.79 Å². The molecule has 1 aromatic carbocycles. The van der Waals surface area contributed by atoms with Gasteiger partial charge in [0.15, 0.2) is 0 Å². The quantitative estimate of drug-likeness (QED) is 0.701. The molecule has 0 amide bonds. The van der Waals surface area contributed by atoms with E-state index in [4.69, 9.17) is 5.41 Å². The first-order chi connectivity index (χ1) is 8.25. The highest BCUT2D eigenvalue weighted by molar-refractivity contribution is 7.71. The number of carbonyl (C=O) groups excluding carboxylic acids is 1. The third-order valence-corrected chi connectivity index (χ3v) is 4.99. The number of para-hydroxylation sites is 1. The molecule has 0 bridgehead atoms. The van der Waals surface area contributed by atoms with Crippen LogP contribution < -0.4 is 0 Å². The van der Waals surface area contributed by atoms with E-state index in [9.17, 15) is 4.79 Å². The van der Waals surface area contributed by atoms with Crippen LogP contribution in [0.2, 0.25) is 0 Å². The zero-order chi connectivity index (χ0) is 11.8. The van der Waals surface area contributed by atoms with Crippen molar-refractivity contribution in [3.63, 3.8) is 0 Å². The smallest absolute Gasteiger partial charge is 0.205 e. The highest BCUT2D eigenvalue weighted by atomic mass is 32.9. The van der Waals surface area contributed by atoms with Crippen molar-refractivity contribution in [3.05, 3.63) is 40.9 Å². The number of fused-ring (bicyclic) bond motifs is 2. The molecule has 1 aromatic heterocycles. The number of aromatic amines is 1. The number of carbonyl (C=O) groups is 1. The van der Waals surface area contributed by atoms with E-state index in [0.29, 0.717) is 4.88 Å². The number of hydrogen-bond donors (Lipinski definition) is 2. The fourth-order valence-corrected chi connectivity index (χ4v) is 4.01. The lowest BCUT2D eigenvalue weighted by molar-refractivity contribution is -0.108. The van der Waals surface area contributed by atoms with Gasteiger partial charge in [-0.15, -0.1) is 0 Å². The van der Waals surface area contributed by atoms with Crippen LogP contribution in [0.5, 0.6) is 0 Å². The van der Waals surface area contributed by atoms with E-state index in [0.717, 1.165) is 15.9 Å². The standard InChI is InChI=1S/C12H8N2OS2/c13-11-9(15)6-5-8-12(11)17-16-10-4-2-1-3-7(10)14-8/h1-6,13-14H. The van der Waals surface area contributed by atoms with Gasteiger partial charge >= 0.3 is 0 Å². The number of benzene rings is 1. The van der Waals surface area contributed by atoms with Crippen molar-refractivity contribution in [1.82, 2.24) is 4.98 Å². The van der Waals surface area contributed by atoms with E-state index in [2.05, 4.69) is 4.98 Å². The third-order valence-electron chi connectivity index (χ3n) is 2.49. The molecule has 3 nitrogen and oxygen atoms in total. The van der Waals surface area contributed by atoms with Gasteiger partial charge in [0.25, 0.3) is 0 Å². The average Bonchev–Trinajstić information content (AvgIpc) is 2.53. The lowest BCUT2D eigenvalue weighted by Crippen LogP contribution is -2.14. The predicted molar refractivity (Wildman–Crippen MR) is 72.6 cm³/mol. The average molecular weight is 260 g/mol. The summed E-state index contributed by atoms with van der Waals surface area (Å²) in [5, 5.41) is 7.79. The van der Waals surface area contributed by atoms with Crippen molar-refractivity contribution < 1.29 is 4.79 Å². The number of aromatic nitrogens is 1. The molecule has 0 atom stereocenters. The Morgan fingerprint density at radius 1 is 1.12 bits per heavy atom. The van der Waals surface area contributed by atoms with Crippen molar-refractivity contribution in [1.29, 1.82) is 5.41 Å². The van der Waals surface area contributed by atoms with Gasteiger partial charge in [-0.2, -0.15) is 0 Å². The van der Waals surface area contributed by atoms with E-state index in [1.54, 1.807) is 16.4 Å². The Bertz CT molecular complexity index is 701. The minimum Gasteiger partial charge on any atom is -0.353 e. The van der Waals surface area contributed by atoms with E-state index in [1.165, 1.54) is 16.4 Å². The van der Waals surface area contributed by atoms with Crippen LogP contribution in [0, 0.1) is 5.41 Å². The molecule has 0 spiro atoms. The Balaban J connectivity index is 2.40. The van der Waals surface area contributed by atoms with Crippen LogP contribution in [0.4, 0.5) is 0 Å². The van der Waals surface area contributed by atoms with Crippen LogP contribution in [0.1, 0.15) is 10.6 Å². The summed E-state index contributed by atoms with van der Waals surface area (Å²) in [6.07, 6.45) is 3.18. The summed E-state index contributed by atoms with van der Waals surface area (Å²) in [6.45, 7) is 0. The maximum Gasteiger partial charge on any atom is 0.205 e. The molecule has 0 saturated heterocycles. The largest absolute Gasteiger partial charge is 0.353 e. The summed E-state index contributed by atoms with van der Waals surface area (Å²) >= 11 is 0. The van der Waals surface area contributed by atoms with Crippen molar-refractivity contribution in [2.24, 2.45) is 0 Å². The van der Waals surface area contributed by atoms with E-state index in [-0.39, 0.29) is 11.5 Å². The van der Waals surface area contributed by atoms with Gasteiger partial charge in [0.2, 0.25) is 5.78 Å². The fraction of sp³-hybridized carbons (Fsp3) is 0. The lowest BCUT2D eigenvalue weighted by atomic mass is 10.1. The van der Waals surface area contributed by atoms with E-state index in [1.807, 2.05) is 24.3 Å². The SMILES string of the molecule is N=C1C(=O)C=Cc2[nH]c3ccccc3ssc21. The summed E-state index contributed by atoms with van der Waals surface area (Å²) in [7, 11) is 3.03. The van der Waals surface area contributed by atoms with Gasteiger partial charge in [0.05, 0.1) is 20.8 Å². The highest BCUT2D eigenvalue weighted by Gasteiger charge is 2.18. The molecule has 1 heterocycles. The fourth-order valence-electron chi connectivity index (χ4n) is 1.62. The Hall–Kier alpha value is -1.72. The van der Waals surface area contributed by atoms with Crippen LogP contribution in [-0.4, -0.2) is 16.5 Å². The molecule has 1 aliphatic rings. The van der Waals surface area contributed by atoms with Crippen molar-refractivity contribution in [3.8, 4) is 0 Å². The lowest BCUT2D eigenvalue weighted by Gasteiger charge is -2.05. The number of H-pyrrole nitrogens is 1. The number of nitrogens with one attached hydrogen (secondary N) is 2. The van der Waals surface area contributed by atoms with Gasteiger partial charge in [-0.05, 0) is 24.3 Å². The zero-order valence-electron chi connectivity index (χ0n) is 8.69. The Kier molecular flexibility index (Phi) is 2.42. The van der Waals surface area contributed by atoms with E-state index >= 15 is 0 Å². The molecule has 0 fully saturated rings. The van der Waals surface area contributed by atoms with Gasteiger partial charge in [-0.1, -0.05) is 32.8 Å². The normalized spacial score (nSPS) is 13.9. The minimum atomic E-state index is -0.232. The number of hydrogen-bond acceptors (Lipinski definition) is 4. The summed E-state index contributed by atoms with van der Waals surface area (Å²) < 4.78 is 1.11. The molecule has 0 radical (unpaired) electrons. The number of ketones is 1. The first-order valence-electron chi connectivity index (χ1n) is 5.02. The third kappa shape index (κ3) is 1.73. The van der Waals surface area contributed by atoms with Gasteiger partial charge in [-0.3, -0.25) is 10.2 Å². The van der Waals surface area contributed by atoms with Gasteiger partial charge < -0.3 is 4.98 Å². The highest BCUT2D eigenvalue weighted by Crippen LogP contribution is 2.26. The molecule has 17 heavy (non-hydrogen) atoms. The Morgan fingerprint density at radius 3 is 2.82 bits per heavy atom. The molecule has 3 rings (SSSR count). The predicted octanol–water partition coefficient (Wildman–Crippen LogP) is 3.38. The van der Waals surface area contributed by atoms with E-state index < -0.39 is 0 Å². The minimum absolute atomic E-state index is 0.0697. The maximum absolute atomic E-state index is 11.4. The van der Waals surface area contributed by atoms with Gasteiger partial charge in [0, 0.05) is 0 Å². The maximum atomic E-state index is 11.4. The molecule has 5 heteroatoms. The van der Waals surface area contributed by atoms with Crippen molar-refractivity contribution in [2.75, 3.05) is 0 Å². The van der Waals surface area contributed by atoms with Crippen LogP contribution in [0.25, 0.3) is 16.3 Å². The second-order valence-electron chi connectivity index (χ2n) is 3.60. The number of rotatable bonds is 0. The molecule has 2 N–H and O–H groups in total. The molecule has 1 aliphatic carbocycles. The summed E-state index contributed by atoms with van der Waals surface area (Å²) in [4.78, 5) is 15.4. The molecule has 84 valence electrons. The second kappa shape index (κ2) is 3.94. The summed E-state index contributed by atoms with van der Waals surface area (Å²) in [5.41, 5.74) is 1.92. The Morgan fingerprint density at radius 2 is 1.94 bits per heavy atom. The molecule has 0 aliphatic heterocycles. The van der Waals surface area contributed by atoms with Crippen molar-refractivity contribution >= 4 is 48.5 Å². The van der Waals surface area contributed by atoms with Crippen LogP contribution in [0.3, 0.4) is 0 Å². The van der Waals surface area contributed by atoms with Gasteiger partial charge in [-0.25, -0.2) is 0 Å². The first kappa shape index (κ1) is 10.4. The van der Waals surface area contributed by atoms with Crippen molar-refractivity contribution in [2.45, 2.75) is 0 Å². The topological polar surface area (TPSA) is 56.7 Å². The first-order valence-corrected chi connectivity index (χ1v) is 7.17. The van der Waals surface area contributed by atoms with Crippen LogP contribution in [0.15, 0.2) is 30.3 Å². The molecule has 0 saturated carbocycles. The van der Waals surface area contributed by atoms with Crippen LogP contribution >= 0.6 is 20.7 Å². The molecular weight excluding hydrogens is 252 g/mol. The molecule has 0 unspecified atom stereocenters. The monoisotopic (exact) mass is 260 g/mol. The molecular formula is C12H8N2OS2. The number of allylic oxidation sites excluding steroid dienone is 1. The summed E-state index contributed by atoms with van der Waals surface area (Å²) in [6, 6.07) is 7.96. The second-order valence-corrected chi connectivity index (χ2v) is 5.78. The Labute approximate surface area is 105 Å². The van der Waals surface area contributed by atoms with Gasteiger partial charge in [0.1, 0.15) is 5.71 Å². The summed E-state index contributed by atoms with van der Waals surface area (Å²) in [5.74, 6) is -0.232.